The first kappa shape index (κ1) is 17.1. The van der Waals surface area contributed by atoms with Gasteiger partial charge in [0.25, 0.3) is 0 Å². The predicted octanol–water partition coefficient (Wildman–Crippen LogP) is 5.22. The fourth-order valence-electron chi connectivity index (χ4n) is 3.72. The molecule has 0 amide bonds. The number of H-pyrrole nitrogens is 2. The zero-order valence-corrected chi connectivity index (χ0v) is 16.3. The van der Waals surface area contributed by atoms with Gasteiger partial charge in [0.1, 0.15) is 5.69 Å². The molecule has 0 bridgehead atoms. The number of aromatic nitrogens is 4. The predicted molar refractivity (Wildman–Crippen MR) is 117 cm³/mol. The molecule has 0 saturated heterocycles. The van der Waals surface area contributed by atoms with Crippen LogP contribution in [0.15, 0.2) is 55.2 Å². The number of nitrogens with one attached hydrogen (secondary N) is 3. The smallest absolute Gasteiger partial charge is 0.158 e. The van der Waals surface area contributed by atoms with E-state index < -0.39 is 0 Å². The van der Waals surface area contributed by atoms with Gasteiger partial charge < -0.3 is 10.3 Å². The van der Waals surface area contributed by atoms with Gasteiger partial charge in [0.2, 0.25) is 0 Å². The fraction of sp³-hybridized carbons (Fsp3) is 0.182. The number of hydrogen-bond donors (Lipinski definition) is 3. The van der Waals surface area contributed by atoms with Crippen LogP contribution in [-0.4, -0.2) is 25.9 Å². The molecule has 1 aliphatic rings. The topological polar surface area (TPSA) is 69.4 Å². The van der Waals surface area contributed by atoms with Crippen molar-refractivity contribution in [1.82, 2.24) is 20.2 Å². The zero-order valence-electron chi connectivity index (χ0n) is 15.5. The van der Waals surface area contributed by atoms with E-state index >= 15 is 0 Å². The lowest BCUT2D eigenvalue weighted by Gasteiger charge is -2.15. The van der Waals surface area contributed by atoms with E-state index in [0.29, 0.717) is 0 Å². The van der Waals surface area contributed by atoms with Gasteiger partial charge >= 0.3 is 0 Å². The number of fused-ring (bicyclic) bond motifs is 2. The van der Waals surface area contributed by atoms with Gasteiger partial charge in [-0.3, -0.25) is 5.10 Å². The average molecular weight is 388 g/mol. The van der Waals surface area contributed by atoms with Gasteiger partial charge in [0.05, 0.1) is 22.9 Å². The standard InChI is InChI=1S/C22H21N5S/c1-14(16-8-4-6-15-7-5-11-28-13-17(15)16)24-20-12-23-27-21(20)22-25-18-9-2-3-10-19(18)26-22/h2-4,6,8-10,12,24H,1,5,7,11,13H2,(H,23,27)(H,25,26). The summed E-state index contributed by atoms with van der Waals surface area (Å²) in [5.41, 5.74) is 8.54. The lowest BCUT2D eigenvalue weighted by molar-refractivity contribution is 0.934. The van der Waals surface area contributed by atoms with Gasteiger partial charge in [0, 0.05) is 17.0 Å². The van der Waals surface area contributed by atoms with Crippen LogP contribution in [0.2, 0.25) is 0 Å². The van der Waals surface area contributed by atoms with Crippen molar-refractivity contribution in [3.63, 3.8) is 0 Å². The van der Waals surface area contributed by atoms with Crippen LogP contribution >= 0.6 is 11.8 Å². The van der Waals surface area contributed by atoms with E-state index in [0.717, 1.165) is 46.1 Å². The number of aromatic amines is 2. The van der Waals surface area contributed by atoms with Crippen molar-refractivity contribution in [2.24, 2.45) is 0 Å². The molecule has 0 saturated carbocycles. The maximum atomic E-state index is 4.68. The Morgan fingerprint density at radius 1 is 1.14 bits per heavy atom. The number of para-hydroxylation sites is 2. The van der Waals surface area contributed by atoms with E-state index in [2.05, 4.69) is 50.3 Å². The number of anilines is 1. The molecule has 140 valence electrons. The van der Waals surface area contributed by atoms with Crippen LogP contribution in [0.25, 0.3) is 28.2 Å². The summed E-state index contributed by atoms with van der Waals surface area (Å²) in [6.07, 6.45) is 4.16. The molecule has 0 atom stereocenters. The SMILES string of the molecule is C=C(Nc1cn[nH]c1-c1nc2ccccc2[nH]1)c1cccc2c1CSCCC2. The Bertz CT molecular complexity index is 1120. The Morgan fingerprint density at radius 3 is 3.00 bits per heavy atom. The Balaban J connectivity index is 1.47. The van der Waals surface area contributed by atoms with Gasteiger partial charge in [-0.1, -0.05) is 36.9 Å². The number of aryl methyl sites for hydroxylation is 1. The number of benzene rings is 2. The van der Waals surface area contributed by atoms with E-state index in [1.165, 1.54) is 28.9 Å². The molecule has 0 fully saturated rings. The first-order chi connectivity index (χ1) is 13.8. The van der Waals surface area contributed by atoms with E-state index in [4.69, 9.17) is 0 Å². The third kappa shape index (κ3) is 3.10. The van der Waals surface area contributed by atoms with Crippen molar-refractivity contribution >= 4 is 34.2 Å². The molecule has 0 aliphatic carbocycles. The molecule has 2 aromatic carbocycles. The van der Waals surface area contributed by atoms with Crippen LogP contribution in [0.4, 0.5) is 5.69 Å². The van der Waals surface area contributed by atoms with E-state index in [1.54, 1.807) is 6.20 Å². The highest BCUT2D eigenvalue weighted by atomic mass is 32.2. The summed E-state index contributed by atoms with van der Waals surface area (Å²) in [7, 11) is 0. The fourth-order valence-corrected chi connectivity index (χ4v) is 4.76. The zero-order chi connectivity index (χ0) is 18.9. The van der Waals surface area contributed by atoms with Crippen LogP contribution in [0.5, 0.6) is 0 Å². The highest BCUT2D eigenvalue weighted by Crippen LogP contribution is 2.32. The van der Waals surface area contributed by atoms with Crippen LogP contribution < -0.4 is 5.32 Å². The molecular formula is C22H21N5S. The number of hydrogen-bond acceptors (Lipinski definition) is 4. The van der Waals surface area contributed by atoms with Crippen LogP contribution in [-0.2, 0) is 12.2 Å². The molecule has 2 aromatic heterocycles. The first-order valence-electron chi connectivity index (χ1n) is 9.43. The van der Waals surface area contributed by atoms with Gasteiger partial charge in [-0.2, -0.15) is 16.9 Å². The summed E-state index contributed by atoms with van der Waals surface area (Å²) in [4.78, 5) is 8.03. The lowest BCUT2D eigenvalue weighted by Crippen LogP contribution is -2.03. The molecule has 3 heterocycles. The summed E-state index contributed by atoms with van der Waals surface area (Å²) < 4.78 is 0. The van der Waals surface area contributed by atoms with Crippen LogP contribution in [0.3, 0.4) is 0 Å². The largest absolute Gasteiger partial charge is 0.352 e. The van der Waals surface area contributed by atoms with Crippen molar-refractivity contribution in [1.29, 1.82) is 0 Å². The Labute approximate surface area is 167 Å². The molecule has 6 heteroatoms. The molecule has 5 rings (SSSR count). The second-order valence-electron chi connectivity index (χ2n) is 6.96. The van der Waals surface area contributed by atoms with Gasteiger partial charge in [-0.15, -0.1) is 0 Å². The Kier molecular flexibility index (Phi) is 4.41. The minimum atomic E-state index is 0.761. The average Bonchev–Trinajstić information content (AvgIpc) is 3.27. The number of thioether (sulfide) groups is 1. The second-order valence-corrected chi connectivity index (χ2v) is 8.07. The third-order valence-electron chi connectivity index (χ3n) is 5.13. The monoisotopic (exact) mass is 387 g/mol. The Morgan fingerprint density at radius 2 is 2.07 bits per heavy atom. The molecular weight excluding hydrogens is 366 g/mol. The number of nitrogens with zero attached hydrogens (tertiary/aromatic N) is 2. The summed E-state index contributed by atoms with van der Waals surface area (Å²) in [5.74, 6) is 3.01. The van der Waals surface area contributed by atoms with Crippen molar-refractivity contribution in [3.8, 4) is 11.5 Å². The van der Waals surface area contributed by atoms with Crippen molar-refractivity contribution in [2.75, 3.05) is 11.1 Å². The van der Waals surface area contributed by atoms with Crippen LogP contribution in [0.1, 0.15) is 23.1 Å². The Hall–Kier alpha value is -2.99. The molecule has 4 aromatic rings. The minimum absolute atomic E-state index is 0.761. The van der Waals surface area contributed by atoms with E-state index in [-0.39, 0.29) is 0 Å². The van der Waals surface area contributed by atoms with Gasteiger partial charge in [0.15, 0.2) is 5.82 Å². The van der Waals surface area contributed by atoms with Crippen molar-refractivity contribution in [3.05, 3.63) is 71.9 Å². The molecule has 5 nitrogen and oxygen atoms in total. The normalized spacial score (nSPS) is 13.9. The van der Waals surface area contributed by atoms with Crippen molar-refractivity contribution < 1.29 is 0 Å². The number of rotatable bonds is 4. The summed E-state index contributed by atoms with van der Waals surface area (Å²) >= 11 is 2.00. The summed E-state index contributed by atoms with van der Waals surface area (Å²) in [5, 5.41) is 10.7. The number of imidazole rings is 1. The van der Waals surface area contributed by atoms with Gasteiger partial charge in [-0.25, -0.2) is 4.98 Å². The summed E-state index contributed by atoms with van der Waals surface area (Å²) in [6, 6.07) is 14.5. The molecule has 0 unspecified atom stereocenters. The molecule has 3 N–H and O–H groups in total. The molecule has 0 radical (unpaired) electrons. The van der Waals surface area contributed by atoms with Crippen LogP contribution in [0, 0.1) is 0 Å². The quantitative estimate of drug-likeness (QED) is 0.449. The maximum Gasteiger partial charge on any atom is 0.158 e. The first-order valence-corrected chi connectivity index (χ1v) is 10.6. The summed E-state index contributed by atoms with van der Waals surface area (Å²) in [6.45, 7) is 4.32. The van der Waals surface area contributed by atoms with E-state index in [9.17, 15) is 0 Å². The second kappa shape index (κ2) is 7.20. The molecule has 1 aliphatic heterocycles. The molecule has 28 heavy (non-hydrogen) atoms. The highest BCUT2D eigenvalue weighted by Gasteiger charge is 2.17. The highest BCUT2D eigenvalue weighted by molar-refractivity contribution is 7.98. The van der Waals surface area contributed by atoms with Crippen molar-refractivity contribution in [2.45, 2.75) is 18.6 Å². The van der Waals surface area contributed by atoms with E-state index in [1.807, 2.05) is 36.0 Å². The third-order valence-corrected chi connectivity index (χ3v) is 6.20. The minimum Gasteiger partial charge on any atom is -0.352 e. The van der Waals surface area contributed by atoms with Gasteiger partial charge in [-0.05, 0) is 41.9 Å². The lowest BCUT2D eigenvalue weighted by atomic mass is 9.97. The molecule has 0 spiro atoms. The maximum absolute atomic E-state index is 4.68.